The van der Waals surface area contributed by atoms with Crippen LogP contribution >= 0.6 is 0 Å². The number of carbonyl (C=O) groups excluding carboxylic acids is 1. The van der Waals surface area contributed by atoms with E-state index in [1.54, 1.807) is 0 Å². The number of piperidine rings is 2. The predicted octanol–water partition coefficient (Wildman–Crippen LogP) is 10.2. The van der Waals surface area contributed by atoms with Crippen molar-refractivity contribution in [1.29, 1.82) is 0 Å². The minimum absolute atomic E-state index is 0.00987. The molecule has 1 atom stereocenters. The molecule has 5 heteroatoms. The summed E-state index contributed by atoms with van der Waals surface area (Å²) in [5.74, 6) is 0.779. The van der Waals surface area contributed by atoms with Crippen LogP contribution in [-0.2, 0) is 26.8 Å². The van der Waals surface area contributed by atoms with Crippen LogP contribution < -0.4 is 0 Å². The number of hydrogen-bond donors (Lipinski definition) is 1. The van der Waals surface area contributed by atoms with Gasteiger partial charge >= 0.3 is 5.97 Å². The number of likely N-dealkylation sites (tertiary alicyclic amines) is 2. The lowest BCUT2D eigenvalue weighted by atomic mass is 9.64. The van der Waals surface area contributed by atoms with Gasteiger partial charge in [-0.25, -0.2) is 0 Å². The number of phenols is 1. The molecular weight excluding hydrogens is 580 g/mol. The Morgan fingerprint density at radius 1 is 0.787 bits per heavy atom. The Kier molecular flexibility index (Phi) is 11.3. The quantitative estimate of drug-likeness (QED) is 0.269. The van der Waals surface area contributed by atoms with Gasteiger partial charge in [0.25, 0.3) is 0 Å². The van der Waals surface area contributed by atoms with Crippen LogP contribution in [0.2, 0.25) is 0 Å². The zero-order valence-corrected chi connectivity index (χ0v) is 33.8. The molecule has 1 aromatic carbocycles. The maximum Gasteiger partial charge on any atom is 0.312 e. The number of esters is 1. The summed E-state index contributed by atoms with van der Waals surface area (Å²) in [5.41, 5.74) is 1.86. The second-order valence-electron chi connectivity index (χ2n) is 20.4. The van der Waals surface area contributed by atoms with E-state index < -0.39 is 5.41 Å². The predicted molar refractivity (Wildman–Crippen MR) is 199 cm³/mol. The van der Waals surface area contributed by atoms with Crippen molar-refractivity contribution < 1.29 is 14.6 Å². The molecule has 47 heavy (non-hydrogen) atoms. The smallest absolute Gasteiger partial charge is 0.312 e. The lowest BCUT2D eigenvalue weighted by Gasteiger charge is -2.55. The van der Waals surface area contributed by atoms with Crippen LogP contribution in [0.1, 0.15) is 172 Å². The molecule has 2 aliphatic heterocycles. The van der Waals surface area contributed by atoms with Crippen LogP contribution in [0.5, 0.6) is 5.75 Å². The van der Waals surface area contributed by atoms with Crippen molar-refractivity contribution in [2.75, 3.05) is 14.1 Å². The molecule has 0 aromatic heterocycles. The molecule has 0 spiro atoms. The molecule has 270 valence electrons. The van der Waals surface area contributed by atoms with Gasteiger partial charge < -0.3 is 9.84 Å². The van der Waals surface area contributed by atoms with E-state index in [9.17, 15) is 5.11 Å². The molecule has 1 unspecified atom stereocenters. The molecule has 0 aliphatic carbocycles. The first-order valence-corrected chi connectivity index (χ1v) is 18.6. The van der Waals surface area contributed by atoms with Crippen molar-refractivity contribution in [2.24, 2.45) is 11.3 Å². The molecule has 5 nitrogen and oxygen atoms in total. The zero-order chi connectivity index (χ0) is 36.2. The highest BCUT2D eigenvalue weighted by molar-refractivity contribution is 5.78. The summed E-state index contributed by atoms with van der Waals surface area (Å²) in [4.78, 5) is 20.1. The van der Waals surface area contributed by atoms with E-state index in [1.165, 1.54) is 0 Å². The number of aromatic hydroxyl groups is 1. The number of benzene rings is 1. The van der Waals surface area contributed by atoms with Crippen LogP contribution in [0, 0.1) is 11.3 Å². The minimum Gasteiger partial charge on any atom is -0.507 e. The van der Waals surface area contributed by atoms with Crippen LogP contribution in [0.25, 0.3) is 0 Å². The lowest BCUT2D eigenvalue weighted by molar-refractivity contribution is -0.174. The SMILES string of the molecule is CCCCC(Cc1cc(C(C)(C)C)c(O)c(C(C)(C)C)c1)(CC1CC(C)(C)N(C)C(C)(C)C1)C(=O)OC1CC(C)(C)N(C)C(C)(C)C1. The second-order valence-corrected chi connectivity index (χ2v) is 20.4. The molecule has 2 saturated heterocycles. The Bertz CT molecular complexity index is 1190. The number of rotatable bonds is 9. The Balaban J connectivity index is 2.20. The van der Waals surface area contributed by atoms with Crippen molar-refractivity contribution in [3.8, 4) is 5.75 Å². The molecule has 2 aliphatic rings. The molecule has 1 N–H and O–H groups in total. The van der Waals surface area contributed by atoms with E-state index in [2.05, 4.69) is 140 Å². The van der Waals surface area contributed by atoms with E-state index in [0.29, 0.717) is 18.1 Å². The third kappa shape index (κ3) is 8.77. The topological polar surface area (TPSA) is 53.0 Å². The number of unbranched alkanes of at least 4 members (excludes halogenated alkanes) is 1. The van der Waals surface area contributed by atoms with Crippen molar-refractivity contribution in [1.82, 2.24) is 9.80 Å². The Morgan fingerprint density at radius 3 is 1.57 bits per heavy atom. The van der Waals surface area contributed by atoms with Gasteiger partial charge in [0, 0.05) is 35.0 Å². The highest BCUT2D eigenvalue weighted by atomic mass is 16.5. The highest BCUT2D eigenvalue weighted by Crippen LogP contribution is 2.49. The zero-order valence-electron chi connectivity index (χ0n) is 33.8. The Labute approximate surface area is 290 Å². The van der Waals surface area contributed by atoms with E-state index in [4.69, 9.17) is 4.74 Å². The summed E-state index contributed by atoms with van der Waals surface area (Å²) >= 11 is 0. The van der Waals surface area contributed by atoms with Crippen LogP contribution in [0.3, 0.4) is 0 Å². The van der Waals surface area contributed by atoms with Gasteiger partial charge in [-0.2, -0.15) is 0 Å². The summed E-state index contributed by atoms with van der Waals surface area (Å²) < 4.78 is 6.81. The molecule has 0 amide bonds. The normalized spacial score (nSPS) is 23.8. The lowest BCUT2D eigenvalue weighted by Crippen LogP contribution is -2.61. The molecule has 0 radical (unpaired) electrons. The van der Waals surface area contributed by atoms with Crippen LogP contribution in [0.4, 0.5) is 0 Å². The van der Waals surface area contributed by atoms with E-state index in [0.717, 1.165) is 68.1 Å². The first-order valence-electron chi connectivity index (χ1n) is 18.6. The number of ether oxygens (including phenoxy) is 1. The third-order valence-corrected chi connectivity index (χ3v) is 12.4. The fourth-order valence-electron chi connectivity index (χ4n) is 9.28. The van der Waals surface area contributed by atoms with Crippen molar-refractivity contribution in [2.45, 2.75) is 201 Å². The number of hydrogen-bond acceptors (Lipinski definition) is 5. The van der Waals surface area contributed by atoms with Crippen molar-refractivity contribution in [3.63, 3.8) is 0 Å². The Hall–Kier alpha value is -1.59. The largest absolute Gasteiger partial charge is 0.507 e. The van der Waals surface area contributed by atoms with Gasteiger partial charge in [-0.3, -0.25) is 14.6 Å². The van der Waals surface area contributed by atoms with Gasteiger partial charge in [0.1, 0.15) is 11.9 Å². The third-order valence-electron chi connectivity index (χ3n) is 12.4. The molecule has 0 bridgehead atoms. The molecule has 2 fully saturated rings. The van der Waals surface area contributed by atoms with Gasteiger partial charge in [-0.1, -0.05) is 73.4 Å². The average Bonchev–Trinajstić information content (AvgIpc) is 2.87. The molecule has 1 aromatic rings. The summed E-state index contributed by atoms with van der Waals surface area (Å²) in [6.45, 7) is 33.8. The van der Waals surface area contributed by atoms with Crippen LogP contribution in [0.15, 0.2) is 12.1 Å². The van der Waals surface area contributed by atoms with Crippen molar-refractivity contribution >= 4 is 5.97 Å². The first-order chi connectivity index (χ1) is 21.1. The van der Waals surface area contributed by atoms with Gasteiger partial charge in [0.15, 0.2) is 0 Å². The summed E-state index contributed by atoms with van der Waals surface area (Å²) in [6, 6.07) is 4.39. The standard InChI is InChI=1S/C42H74N2O3/c1-18-19-20-42(26-30-23-38(8,9)43(16)39(10,11)24-30,35(46)47-31-27-40(12,13)44(17)41(14,15)28-31)25-29-21-32(36(2,3)4)34(45)33(22-29)37(5,6)7/h21-22,30-31,45H,18-20,23-28H2,1-17H3. The van der Waals surface area contributed by atoms with Gasteiger partial charge in [0.05, 0.1) is 5.41 Å². The summed E-state index contributed by atoms with van der Waals surface area (Å²) in [5, 5.41) is 11.6. The monoisotopic (exact) mass is 655 g/mol. The Morgan fingerprint density at radius 2 is 1.19 bits per heavy atom. The van der Waals surface area contributed by atoms with E-state index in [1.807, 2.05) is 0 Å². The first kappa shape index (κ1) is 39.8. The van der Waals surface area contributed by atoms with E-state index in [-0.39, 0.29) is 45.1 Å². The fourth-order valence-corrected chi connectivity index (χ4v) is 9.28. The van der Waals surface area contributed by atoms with Gasteiger partial charge in [-0.15, -0.1) is 0 Å². The molecule has 2 heterocycles. The highest BCUT2D eigenvalue weighted by Gasteiger charge is 2.50. The van der Waals surface area contributed by atoms with Gasteiger partial charge in [0.2, 0.25) is 0 Å². The molecular formula is C42H74N2O3. The number of phenolic OH excluding ortho intramolecular Hbond substituents is 1. The minimum atomic E-state index is -0.651. The van der Waals surface area contributed by atoms with Gasteiger partial charge in [-0.05, 0) is 135 Å². The molecule has 3 rings (SSSR count). The summed E-state index contributed by atoms with van der Waals surface area (Å²) in [7, 11) is 4.47. The molecule has 0 saturated carbocycles. The summed E-state index contributed by atoms with van der Waals surface area (Å²) in [6.07, 6.45) is 7.93. The average molecular weight is 655 g/mol. The van der Waals surface area contributed by atoms with Crippen LogP contribution in [-0.4, -0.2) is 63.2 Å². The number of carbonyl (C=O) groups is 1. The van der Waals surface area contributed by atoms with Crippen molar-refractivity contribution in [3.05, 3.63) is 28.8 Å². The number of nitrogens with zero attached hydrogens (tertiary/aromatic N) is 2. The fraction of sp³-hybridized carbons (Fsp3) is 0.833. The van der Waals surface area contributed by atoms with E-state index >= 15 is 4.79 Å². The maximum atomic E-state index is 15.1. The second kappa shape index (κ2) is 13.3. The maximum absolute atomic E-state index is 15.1.